The van der Waals surface area contributed by atoms with Gasteiger partial charge in [0.2, 0.25) is 16.0 Å². The Morgan fingerprint density at radius 2 is 1.70 bits per heavy atom. The number of rotatable bonds is 14. The molecule has 0 radical (unpaired) electrons. The minimum absolute atomic E-state index is 0.127. The van der Waals surface area contributed by atoms with Gasteiger partial charge in [-0.3, -0.25) is 4.98 Å². The Bertz CT molecular complexity index is 1370. The number of unbranched alkanes of at least 4 members (excludes halogenated alkanes) is 2. The van der Waals surface area contributed by atoms with E-state index in [1.165, 1.54) is 12.1 Å². The van der Waals surface area contributed by atoms with E-state index in [2.05, 4.69) is 20.3 Å². The minimum Gasteiger partial charge on any atom is -0.370 e. The van der Waals surface area contributed by atoms with Gasteiger partial charge in [-0.2, -0.15) is 10.2 Å². The molecule has 3 aromatic rings. The molecule has 0 spiro atoms. The molecule has 0 saturated heterocycles. The lowest BCUT2D eigenvalue weighted by atomic mass is 9.82. The maximum atomic E-state index is 12.7. The van der Waals surface area contributed by atoms with Gasteiger partial charge in [0.1, 0.15) is 5.82 Å². The fourth-order valence-electron chi connectivity index (χ4n) is 4.84. The Morgan fingerprint density at radius 1 is 0.900 bits per heavy atom. The molecule has 1 aliphatic rings. The smallest absolute Gasteiger partial charge is 0.240 e. The first-order valence-electron chi connectivity index (χ1n) is 13.9. The van der Waals surface area contributed by atoms with Crippen LogP contribution in [0.1, 0.15) is 50.5 Å². The number of nitrogens with zero attached hydrogens (tertiary/aromatic N) is 4. The summed E-state index contributed by atoms with van der Waals surface area (Å²) in [6.45, 7) is 2.67. The Morgan fingerprint density at radius 3 is 2.42 bits per heavy atom. The zero-order valence-corrected chi connectivity index (χ0v) is 23.5. The predicted octanol–water partition coefficient (Wildman–Crippen LogP) is 4.15. The second kappa shape index (κ2) is 14.7. The third kappa shape index (κ3) is 8.71. The second-order valence-electron chi connectivity index (χ2n) is 10.2. The summed E-state index contributed by atoms with van der Waals surface area (Å²) in [4.78, 5) is 14.0. The molecule has 40 heavy (non-hydrogen) atoms. The molecule has 10 nitrogen and oxygen atoms in total. The Hall–Kier alpha value is -3.59. The molecule has 5 N–H and O–H groups in total. The zero-order valence-electron chi connectivity index (χ0n) is 22.7. The van der Waals surface area contributed by atoms with E-state index in [-0.39, 0.29) is 10.8 Å². The fraction of sp³-hybridized carbons (Fsp3) is 0.448. The van der Waals surface area contributed by atoms with Gasteiger partial charge in [0, 0.05) is 31.9 Å². The quantitative estimate of drug-likeness (QED) is 0.212. The van der Waals surface area contributed by atoms with Crippen molar-refractivity contribution in [3.05, 3.63) is 60.3 Å². The molecule has 1 aromatic carbocycles. The molecular formula is C29H38N8O2S. The van der Waals surface area contributed by atoms with E-state index in [0.717, 1.165) is 75.2 Å². The number of anilines is 2. The highest BCUT2D eigenvalue weighted by Crippen LogP contribution is 2.29. The molecule has 1 fully saturated rings. The molecule has 2 heterocycles. The van der Waals surface area contributed by atoms with E-state index in [1.54, 1.807) is 18.3 Å². The average molecular weight is 563 g/mol. The lowest BCUT2D eigenvalue weighted by Gasteiger charge is -2.28. The van der Waals surface area contributed by atoms with E-state index in [4.69, 9.17) is 21.0 Å². The molecule has 0 aliphatic heterocycles. The van der Waals surface area contributed by atoms with Crippen LogP contribution in [0.4, 0.5) is 11.8 Å². The van der Waals surface area contributed by atoms with Crippen molar-refractivity contribution in [3.63, 3.8) is 0 Å². The minimum atomic E-state index is -3.64. The van der Waals surface area contributed by atoms with E-state index in [0.29, 0.717) is 30.5 Å². The fourth-order valence-corrected chi connectivity index (χ4v) is 6.01. The lowest BCUT2D eigenvalue weighted by molar-refractivity contribution is 0.284. The van der Waals surface area contributed by atoms with Gasteiger partial charge >= 0.3 is 0 Å². The maximum absolute atomic E-state index is 12.7. The van der Waals surface area contributed by atoms with E-state index in [1.807, 2.05) is 30.3 Å². The number of nitrogens with two attached hydrogens (primary N) is 1. The highest BCUT2D eigenvalue weighted by atomic mass is 32.2. The first kappa shape index (κ1) is 29.4. The van der Waals surface area contributed by atoms with Gasteiger partial charge in [0.15, 0.2) is 0 Å². The summed E-state index contributed by atoms with van der Waals surface area (Å²) in [5.74, 6) is 2.07. The average Bonchev–Trinajstić information content (AvgIpc) is 3.00. The van der Waals surface area contributed by atoms with Crippen molar-refractivity contribution >= 4 is 21.8 Å². The zero-order chi connectivity index (χ0) is 28.2. The molecule has 0 amide bonds. The number of benzene rings is 1. The molecule has 1 saturated carbocycles. The topological polar surface area (TPSA) is 159 Å². The van der Waals surface area contributed by atoms with Gasteiger partial charge < -0.3 is 16.4 Å². The normalized spacial score (nSPS) is 17.2. The largest absolute Gasteiger partial charge is 0.370 e. The summed E-state index contributed by atoms with van der Waals surface area (Å²) in [5, 5.41) is 15.9. The Labute approximate surface area is 236 Å². The van der Waals surface area contributed by atoms with Crippen LogP contribution >= 0.6 is 0 Å². The predicted molar refractivity (Wildman–Crippen MR) is 157 cm³/mol. The van der Waals surface area contributed by atoms with E-state index < -0.39 is 10.0 Å². The summed E-state index contributed by atoms with van der Waals surface area (Å²) < 4.78 is 28.1. The van der Waals surface area contributed by atoms with Gasteiger partial charge in [-0.1, -0.05) is 18.6 Å². The lowest BCUT2D eigenvalue weighted by Crippen LogP contribution is -2.32. The van der Waals surface area contributed by atoms with Crippen LogP contribution in [0.3, 0.4) is 0 Å². The molecule has 0 unspecified atom stereocenters. The Kier molecular flexibility index (Phi) is 10.8. The van der Waals surface area contributed by atoms with E-state index in [9.17, 15) is 8.42 Å². The van der Waals surface area contributed by atoms with Crippen molar-refractivity contribution in [3.8, 4) is 17.5 Å². The van der Waals surface area contributed by atoms with Crippen LogP contribution in [0.2, 0.25) is 0 Å². The first-order chi connectivity index (χ1) is 19.5. The summed E-state index contributed by atoms with van der Waals surface area (Å²) in [6.07, 6.45) is 8.74. The monoisotopic (exact) mass is 562 g/mol. The van der Waals surface area contributed by atoms with Crippen molar-refractivity contribution in [2.45, 2.75) is 49.8 Å². The molecule has 4 rings (SSSR count). The van der Waals surface area contributed by atoms with Crippen molar-refractivity contribution in [2.24, 2.45) is 17.6 Å². The highest BCUT2D eigenvalue weighted by molar-refractivity contribution is 7.89. The van der Waals surface area contributed by atoms with Crippen molar-refractivity contribution in [1.82, 2.24) is 19.7 Å². The number of sulfonamides is 1. The van der Waals surface area contributed by atoms with Crippen LogP contribution in [0.15, 0.2) is 59.6 Å². The summed E-state index contributed by atoms with van der Waals surface area (Å²) in [7, 11) is -3.64. The van der Waals surface area contributed by atoms with Crippen LogP contribution in [0.25, 0.3) is 11.4 Å². The number of hydrogen-bond donors (Lipinski definition) is 4. The highest BCUT2D eigenvalue weighted by Gasteiger charge is 2.24. The van der Waals surface area contributed by atoms with Gasteiger partial charge in [0.25, 0.3) is 0 Å². The SMILES string of the molecule is N#Cc1cccc(S(=O)(=O)NCC2CCC(CNc3nc(NCCCCCN)cc(-c4ccccn4)n3)CC2)c1. The summed E-state index contributed by atoms with van der Waals surface area (Å²) in [5.41, 5.74) is 7.48. The van der Waals surface area contributed by atoms with Gasteiger partial charge in [-0.15, -0.1) is 0 Å². The maximum Gasteiger partial charge on any atom is 0.240 e. The van der Waals surface area contributed by atoms with Gasteiger partial charge in [0.05, 0.1) is 27.9 Å². The summed E-state index contributed by atoms with van der Waals surface area (Å²) >= 11 is 0. The number of nitrogens with one attached hydrogen (secondary N) is 3. The molecule has 1 aliphatic carbocycles. The molecule has 0 atom stereocenters. The van der Waals surface area contributed by atoms with Crippen LogP contribution in [-0.4, -0.2) is 49.5 Å². The first-order valence-corrected chi connectivity index (χ1v) is 15.4. The van der Waals surface area contributed by atoms with Crippen LogP contribution in [0, 0.1) is 23.2 Å². The van der Waals surface area contributed by atoms with Crippen molar-refractivity contribution in [2.75, 3.05) is 36.8 Å². The number of hydrogen-bond acceptors (Lipinski definition) is 9. The van der Waals surface area contributed by atoms with Crippen LogP contribution in [0.5, 0.6) is 0 Å². The standard InChI is InChI=1S/C29H38N8O2S/c30-14-3-1-4-16-33-28-18-27(26-9-2-5-15-32-26)36-29(37-28)34-20-22-10-12-23(13-11-22)21-35-40(38,39)25-8-6-7-24(17-25)19-31/h2,5-9,15,17-18,22-23,35H,1,3-4,10-14,16,20-21,30H2,(H2,33,34,36,37). The van der Waals surface area contributed by atoms with Crippen molar-refractivity contribution < 1.29 is 8.42 Å². The van der Waals surface area contributed by atoms with Crippen molar-refractivity contribution in [1.29, 1.82) is 5.26 Å². The molecule has 212 valence electrons. The molecule has 2 aromatic heterocycles. The second-order valence-corrected chi connectivity index (χ2v) is 12.0. The third-order valence-electron chi connectivity index (χ3n) is 7.19. The summed E-state index contributed by atoms with van der Waals surface area (Å²) in [6, 6.07) is 15.8. The molecular weight excluding hydrogens is 524 g/mol. The Balaban J connectivity index is 1.29. The van der Waals surface area contributed by atoms with Crippen LogP contribution < -0.4 is 21.1 Å². The number of nitriles is 1. The van der Waals surface area contributed by atoms with Crippen LogP contribution in [-0.2, 0) is 10.0 Å². The molecule has 0 bridgehead atoms. The van der Waals surface area contributed by atoms with Gasteiger partial charge in [-0.05, 0) is 87.2 Å². The number of aromatic nitrogens is 3. The molecule has 11 heteroatoms. The van der Waals surface area contributed by atoms with E-state index >= 15 is 0 Å². The number of pyridine rings is 1. The van der Waals surface area contributed by atoms with Gasteiger partial charge in [-0.25, -0.2) is 18.1 Å². The third-order valence-corrected chi connectivity index (χ3v) is 8.61.